The number of hydrogen-bond donors (Lipinski definition) is 1. The van der Waals surface area contributed by atoms with Crippen molar-refractivity contribution in [3.05, 3.63) is 35.4 Å². The molecule has 1 nitrogen and oxygen atoms in total. The van der Waals surface area contributed by atoms with Crippen molar-refractivity contribution in [2.75, 3.05) is 6.54 Å². The van der Waals surface area contributed by atoms with Gasteiger partial charge < -0.3 is 5.32 Å². The molecule has 0 heterocycles. The lowest BCUT2D eigenvalue weighted by Crippen LogP contribution is -2.41. The fraction of sp³-hybridized carbons (Fsp3) is 0.647. The van der Waals surface area contributed by atoms with Crippen LogP contribution in [0.1, 0.15) is 45.1 Å². The molecule has 1 aliphatic rings. The van der Waals surface area contributed by atoms with Crippen LogP contribution < -0.4 is 5.32 Å². The molecular weight excluding hydrogens is 256 g/mol. The molecule has 0 bridgehead atoms. The van der Waals surface area contributed by atoms with Gasteiger partial charge in [-0.05, 0) is 62.1 Å². The van der Waals surface area contributed by atoms with E-state index >= 15 is 0 Å². The fourth-order valence-electron chi connectivity index (χ4n) is 3.31. The van der Waals surface area contributed by atoms with Gasteiger partial charge >= 0.3 is 0 Å². The molecule has 0 radical (unpaired) electrons. The molecular formula is C17H25F2N. The van der Waals surface area contributed by atoms with Crippen LogP contribution in [-0.2, 0) is 6.42 Å². The van der Waals surface area contributed by atoms with Crippen molar-refractivity contribution in [2.45, 2.75) is 52.0 Å². The van der Waals surface area contributed by atoms with Gasteiger partial charge in [-0.2, -0.15) is 0 Å². The maximum absolute atomic E-state index is 13.8. The Bertz CT molecular complexity index is 431. The van der Waals surface area contributed by atoms with Crippen molar-refractivity contribution in [1.29, 1.82) is 0 Å². The lowest BCUT2D eigenvalue weighted by atomic mass is 9.76. The average molecular weight is 281 g/mol. The van der Waals surface area contributed by atoms with Crippen LogP contribution in [0.4, 0.5) is 8.78 Å². The summed E-state index contributed by atoms with van der Waals surface area (Å²) in [5.41, 5.74) is 0.521. The van der Waals surface area contributed by atoms with E-state index in [1.807, 2.05) is 0 Å². The molecule has 0 amide bonds. The Morgan fingerprint density at radius 2 is 2.05 bits per heavy atom. The summed E-state index contributed by atoms with van der Waals surface area (Å²) >= 11 is 0. The van der Waals surface area contributed by atoms with Crippen LogP contribution >= 0.6 is 0 Å². The van der Waals surface area contributed by atoms with Gasteiger partial charge in [0.05, 0.1) is 0 Å². The maximum Gasteiger partial charge on any atom is 0.162 e. The summed E-state index contributed by atoms with van der Waals surface area (Å²) in [7, 11) is 0. The van der Waals surface area contributed by atoms with Crippen LogP contribution in [-0.4, -0.2) is 12.6 Å². The molecule has 1 aromatic rings. The van der Waals surface area contributed by atoms with Gasteiger partial charge in [0.2, 0.25) is 0 Å². The third-order valence-electron chi connectivity index (χ3n) is 4.41. The average Bonchev–Trinajstić information content (AvgIpc) is 2.43. The monoisotopic (exact) mass is 281 g/mol. The Kier molecular flexibility index (Phi) is 5.53. The van der Waals surface area contributed by atoms with Gasteiger partial charge in [0.25, 0.3) is 0 Å². The number of benzene rings is 1. The summed E-state index contributed by atoms with van der Waals surface area (Å²) in [4.78, 5) is 0. The Labute approximate surface area is 120 Å². The largest absolute Gasteiger partial charge is 0.314 e. The first-order valence-electron chi connectivity index (χ1n) is 7.78. The molecule has 2 rings (SSSR count). The van der Waals surface area contributed by atoms with Gasteiger partial charge in [-0.1, -0.05) is 26.0 Å². The molecule has 0 aromatic heterocycles. The third kappa shape index (κ3) is 3.78. The minimum absolute atomic E-state index is 0.404. The molecule has 0 saturated heterocycles. The van der Waals surface area contributed by atoms with E-state index in [0.717, 1.165) is 25.8 Å². The second-order valence-electron chi connectivity index (χ2n) is 6.16. The van der Waals surface area contributed by atoms with Crippen molar-refractivity contribution < 1.29 is 8.78 Å². The van der Waals surface area contributed by atoms with Gasteiger partial charge in [0.1, 0.15) is 0 Å². The lowest BCUT2D eigenvalue weighted by molar-refractivity contribution is 0.211. The Balaban J connectivity index is 2.08. The quantitative estimate of drug-likeness (QED) is 0.848. The second-order valence-corrected chi connectivity index (χ2v) is 6.16. The predicted octanol–water partition coefficient (Wildman–Crippen LogP) is 4.31. The van der Waals surface area contributed by atoms with Crippen LogP contribution in [0, 0.1) is 23.5 Å². The topological polar surface area (TPSA) is 12.0 Å². The third-order valence-corrected chi connectivity index (χ3v) is 4.41. The van der Waals surface area contributed by atoms with Gasteiger partial charge in [-0.15, -0.1) is 0 Å². The summed E-state index contributed by atoms with van der Waals surface area (Å²) in [6, 6.07) is 4.95. The molecule has 3 heteroatoms. The Morgan fingerprint density at radius 1 is 1.25 bits per heavy atom. The minimum atomic E-state index is -0.732. The molecule has 3 atom stereocenters. The fourth-order valence-corrected chi connectivity index (χ4v) is 3.31. The van der Waals surface area contributed by atoms with Crippen LogP contribution in [0.15, 0.2) is 18.2 Å². The highest BCUT2D eigenvalue weighted by atomic mass is 19.2. The predicted molar refractivity (Wildman–Crippen MR) is 78.6 cm³/mol. The van der Waals surface area contributed by atoms with Gasteiger partial charge in [-0.3, -0.25) is 0 Å². The van der Waals surface area contributed by atoms with Crippen LogP contribution in [0.3, 0.4) is 0 Å². The Hall–Kier alpha value is -0.960. The first kappa shape index (κ1) is 15.4. The molecule has 20 heavy (non-hydrogen) atoms. The van der Waals surface area contributed by atoms with Crippen LogP contribution in [0.2, 0.25) is 0 Å². The second kappa shape index (κ2) is 7.16. The molecule has 1 N–H and O–H groups in total. The highest BCUT2D eigenvalue weighted by Gasteiger charge is 2.29. The molecule has 1 aliphatic carbocycles. The summed E-state index contributed by atoms with van der Waals surface area (Å²) < 4.78 is 27.2. The van der Waals surface area contributed by atoms with E-state index in [0.29, 0.717) is 29.9 Å². The standard InChI is InChI=1S/C17H25F2N/c1-3-9-20-16-8-7-12(2)10-14(16)11-13-5-4-6-15(18)17(13)19/h4-6,12,14,16,20H,3,7-11H2,1-2H3. The molecule has 1 aromatic carbocycles. The van der Waals surface area contributed by atoms with E-state index in [1.165, 1.54) is 12.5 Å². The van der Waals surface area contributed by atoms with E-state index in [4.69, 9.17) is 0 Å². The first-order valence-corrected chi connectivity index (χ1v) is 7.78. The summed E-state index contributed by atoms with van der Waals surface area (Å²) in [5.74, 6) is -0.317. The number of rotatable bonds is 5. The van der Waals surface area contributed by atoms with E-state index in [9.17, 15) is 8.78 Å². The van der Waals surface area contributed by atoms with E-state index in [2.05, 4.69) is 19.2 Å². The van der Waals surface area contributed by atoms with Crippen molar-refractivity contribution in [1.82, 2.24) is 5.32 Å². The SMILES string of the molecule is CCCNC1CCC(C)CC1Cc1cccc(F)c1F. The maximum atomic E-state index is 13.8. The summed E-state index contributed by atoms with van der Waals surface area (Å²) in [5, 5.41) is 3.58. The van der Waals surface area contributed by atoms with E-state index in [-0.39, 0.29) is 0 Å². The highest BCUT2D eigenvalue weighted by Crippen LogP contribution is 2.32. The first-order chi connectivity index (χ1) is 9.61. The van der Waals surface area contributed by atoms with Crippen LogP contribution in [0.25, 0.3) is 0 Å². The smallest absolute Gasteiger partial charge is 0.162 e. The van der Waals surface area contributed by atoms with Crippen molar-refractivity contribution >= 4 is 0 Å². The number of halogens is 2. The van der Waals surface area contributed by atoms with Crippen LogP contribution in [0.5, 0.6) is 0 Å². The number of nitrogens with one attached hydrogen (secondary N) is 1. The number of hydrogen-bond acceptors (Lipinski definition) is 1. The van der Waals surface area contributed by atoms with E-state index in [1.54, 1.807) is 12.1 Å². The zero-order valence-electron chi connectivity index (χ0n) is 12.5. The minimum Gasteiger partial charge on any atom is -0.314 e. The van der Waals surface area contributed by atoms with Gasteiger partial charge in [-0.25, -0.2) is 8.78 Å². The highest BCUT2D eigenvalue weighted by molar-refractivity contribution is 5.20. The van der Waals surface area contributed by atoms with Gasteiger partial charge in [0.15, 0.2) is 11.6 Å². The zero-order chi connectivity index (χ0) is 14.5. The normalized spacial score (nSPS) is 26.7. The lowest BCUT2D eigenvalue weighted by Gasteiger charge is -2.36. The van der Waals surface area contributed by atoms with Gasteiger partial charge in [0, 0.05) is 6.04 Å². The zero-order valence-corrected chi connectivity index (χ0v) is 12.5. The molecule has 1 fully saturated rings. The van der Waals surface area contributed by atoms with Crippen molar-refractivity contribution in [3.63, 3.8) is 0 Å². The molecule has 112 valence electrons. The van der Waals surface area contributed by atoms with E-state index < -0.39 is 11.6 Å². The summed E-state index contributed by atoms with van der Waals surface area (Å²) in [6.07, 6.45) is 5.20. The van der Waals surface area contributed by atoms with Crippen molar-refractivity contribution in [2.24, 2.45) is 11.8 Å². The summed E-state index contributed by atoms with van der Waals surface area (Å²) in [6.45, 7) is 5.41. The molecule has 3 unspecified atom stereocenters. The molecule has 1 saturated carbocycles. The Morgan fingerprint density at radius 3 is 2.80 bits per heavy atom. The van der Waals surface area contributed by atoms with Crippen molar-refractivity contribution in [3.8, 4) is 0 Å². The molecule has 0 spiro atoms. The molecule has 0 aliphatic heterocycles.